The average molecular weight is 794 g/mol. The topological polar surface area (TPSA) is 69.5 Å². The largest absolute Gasteiger partial charge is 0.426 e. The first-order chi connectivity index (χ1) is 27.6. The summed E-state index contributed by atoms with van der Waals surface area (Å²) < 4.78 is 30.4. The molecule has 3 aromatic carbocycles. The van der Waals surface area contributed by atoms with Crippen molar-refractivity contribution in [2.24, 2.45) is 5.92 Å². The van der Waals surface area contributed by atoms with Gasteiger partial charge in [-0.25, -0.2) is 0 Å². The monoisotopic (exact) mass is 793 g/mol. The Hall–Kier alpha value is -4.27. The molecule has 1 aliphatic carbocycles. The molecule has 0 N–H and O–H groups in total. The summed E-state index contributed by atoms with van der Waals surface area (Å²) in [6.07, 6.45) is 9.87. The third kappa shape index (κ3) is 10.2. The molecule has 0 saturated carbocycles. The zero-order valence-corrected chi connectivity index (χ0v) is 35.0. The second kappa shape index (κ2) is 19.9. The predicted molar refractivity (Wildman–Crippen MR) is 228 cm³/mol. The molecule has 2 heterocycles. The lowest BCUT2D eigenvalue weighted by Gasteiger charge is -2.26. The molecular formula is C48H58ClN2O6+. The van der Waals surface area contributed by atoms with Crippen molar-refractivity contribution < 1.29 is 33.1 Å². The molecule has 302 valence electrons. The molecule has 0 fully saturated rings. The van der Waals surface area contributed by atoms with Gasteiger partial charge in [0.05, 0.1) is 57.2 Å². The number of halogens is 1. The van der Waals surface area contributed by atoms with Gasteiger partial charge in [-0.1, -0.05) is 72.3 Å². The number of carbonyl (C=O) groups is 1. The lowest BCUT2D eigenvalue weighted by molar-refractivity contribution is -0.442. The molecule has 1 unspecified atom stereocenters. The van der Waals surface area contributed by atoms with Gasteiger partial charge >= 0.3 is 5.97 Å². The van der Waals surface area contributed by atoms with E-state index in [2.05, 4.69) is 110 Å². The second-order valence-corrected chi connectivity index (χ2v) is 16.1. The van der Waals surface area contributed by atoms with Crippen LogP contribution in [0.5, 0.6) is 5.75 Å². The van der Waals surface area contributed by atoms with E-state index in [0.717, 1.165) is 36.5 Å². The normalized spacial score (nSPS) is 18.2. The van der Waals surface area contributed by atoms with Crippen molar-refractivity contribution in [3.8, 4) is 5.75 Å². The highest BCUT2D eigenvalue weighted by Crippen LogP contribution is 2.47. The number of fused-ring (bicyclic) bond motifs is 2. The number of carbonyl (C=O) groups excluding carboxylic acids is 1. The van der Waals surface area contributed by atoms with Crippen molar-refractivity contribution in [2.45, 2.75) is 64.2 Å². The molecule has 1 atom stereocenters. The van der Waals surface area contributed by atoms with Gasteiger partial charge in [0.2, 0.25) is 5.69 Å². The van der Waals surface area contributed by atoms with Crippen LogP contribution in [0, 0.1) is 5.92 Å². The number of rotatable bonds is 19. The summed E-state index contributed by atoms with van der Waals surface area (Å²) >= 11 is 7.28. The number of nitrogens with zero attached hydrogens (tertiary/aromatic N) is 2. The smallest absolute Gasteiger partial charge is 0.313 e. The Balaban J connectivity index is 1.12. The minimum absolute atomic E-state index is 0.0897. The Labute approximate surface area is 344 Å². The van der Waals surface area contributed by atoms with E-state index in [1.165, 1.54) is 33.8 Å². The molecule has 0 saturated heterocycles. The summed E-state index contributed by atoms with van der Waals surface area (Å²) in [5.41, 5.74) is 11.9. The van der Waals surface area contributed by atoms with Gasteiger partial charge in [0, 0.05) is 53.4 Å². The van der Waals surface area contributed by atoms with Crippen LogP contribution in [0.4, 0.5) is 11.4 Å². The van der Waals surface area contributed by atoms with Crippen LogP contribution in [-0.2, 0) is 34.6 Å². The SMILES string of the molecule is COCCOCCN1C(=C=CC2CCCC(/C=C/C3=[N+](CCOCCOCCC(=O)Oc4ccccc4)c4ccccc4C3(C)C)=C2Cl)C(C)(C)c2ccccc21. The van der Waals surface area contributed by atoms with E-state index in [1.807, 2.05) is 18.2 Å². The van der Waals surface area contributed by atoms with Crippen LogP contribution in [-0.4, -0.2) is 82.7 Å². The number of anilines is 1. The van der Waals surface area contributed by atoms with Gasteiger partial charge in [0.1, 0.15) is 12.4 Å². The molecule has 0 radical (unpaired) electrons. The Kier molecular flexibility index (Phi) is 14.8. The molecular weight excluding hydrogens is 736 g/mol. The first-order valence-electron chi connectivity index (χ1n) is 20.3. The third-order valence-corrected chi connectivity index (χ3v) is 11.7. The molecule has 8 nitrogen and oxygen atoms in total. The number of hydrogen-bond acceptors (Lipinski definition) is 7. The van der Waals surface area contributed by atoms with E-state index >= 15 is 0 Å². The van der Waals surface area contributed by atoms with E-state index < -0.39 is 0 Å². The Morgan fingerprint density at radius 2 is 1.51 bits per heavy atom. The van der Waals surface area contributed by atoms with Gasteiger partial charge in [-0.05, 0) is 82.4 Å². The van der Waals surface area contributed by atoms with E-state index in [1.54, 1.807) is 19.2 Å². The highest BCUT2D eigenvalue weighted by Gasteiger charge is 2.44. The Morgan fingerprint density at radius 3 is 2.30 bits per heavy atom. The number of benzene rings is 3. The van der Waals surface area contributed by atoms with E-state index in [4.69, 9.17) is 35.3 Å². The van der Waals surface area contributed by atoms with Crippen molar-refractivity contribution in [3.63, 3.8) is 0 Å². The molecule has 0 bridgehead atoms. The van der Waals surface area contributed by atoms with Crippen molar-refractivity contribution >= 4 is 34.7 Å². The predicted octanol–water partition coefficient (Wildman–Crippen LogP) is 9.44. The maximum Gasteiger partial charge on any atom is 0.313 e. The van der Waals surface area contributed by atoms with E-state index in [-0.39, 0.29) is 35.7 Å². The fourth-order valence-electron chi connectivity index (χ4n) is 8.08. The summed E-state index contributed by atoms with van der Waals surface area (Å²) in [7, 11) is 1.69. The van der Waals surface area contributed by atoms with Crippen LogP contribution in [0.3, 0.4) is 0 Å². The molecule has 6 rings (SSSR count). The fourth-order valence-corrected chi connectivity index (χ4v) is 8.40. The molecule has 3 aromatic rings. The summed E-state index contributed by atoms with van der Waals surface area (Å²) in [6.45, 7) is 14.0. The van der Waals surface area contributed by atoms with Gasteiger partial charge in [-0.2, -0.15) is 4.58 Å². The second-order valence-electron chi connectivity index (χ2n) is 15.7. The van der Waals surface area contributed by atoms with Gasteiger partial charge in [-0.3, -0.25) is 4.79 Å². The van der Waals surface area contributed by atoms with Gasteiger partial charge in [0.15, 0.2) is 12.3 Å². The van der Waals surface area contributed by atoms with Crippen LogP contribution >= 0.6 is 11.6 Å². The number of methoxy groups -OCH3 is 1. The highest BCUT2D eigenvalue weighted by atomic mass is 35.5. The molecule has 57 heavy (non-hydrogen) atoms. The third-order valence-electron chi connectivity index (χ3n) is 11.1. The summed E-state index contributed by atoms with van der Waals surface area (Å²) in [5, 5.41) is 0.894. The standard InChI is InChI=1S/C48H58ClN2O6/c1-47(2)39-18-9-11-20-41(39)50(27-30-55-33-32-53-5)43(47)24-22-36-14-13-15-37(46(36)49)23-25-44-48(3,4)40-19-10-12-21-42(40)51(44)28-31-56-35-34-54-29-26-45(52)57-38-16-7-6-8-17-38/h6-12,16-23,25,36H,13-15,26-35H2,1-5H3/q+1/b25-23+. The molecule has 9 heteroatoms. The van der Waals surface area contributed by atoms with Gasteiger partial charge < -0.3 is 28.6 Å². The summed E-state index contributed by atoms with van der Waals surface area (Å²) in [4.78, 5) is 14.4. The number of esters is 1. The Morgan fingerprint density at radius 1 is 0.825 bits per heavy atom. The zero-order valence-electron chi connectivity index (χ0n) is 34.2. The van der Waals surface area contributed by atoms with Crippen LogP contribution in [0.1, 0.15) is 64.5 Å². The maximum absolute atomic E-state index is 12.1. The lowest BCUT2D eigenvalue weighted by Crippen LogP contribution is -2.29. The minimum Gasteiger partial charge on any atom is -0.426 e. The average Bonchev–Trinajstić information content (AvgIpc) is 3.56. The zero-order chi connectivity index (χ0) is 40.3. The summed E-state index contributed by atoms with van der Waals surface area (Å²) in [5.74, 6) is 0.313. The number of para-hydroxylation sites is 3. The first kappa shape index (κ1) is 42.3. The quantitative estimate of drug-likeness (QED) is 0.0394. The van der Waals surface area contributed by atoms with Crippen LogP contribution < -0.4 is 9.64 Å². The fraction of sp³-hybridized carbons (Fsp3) is 0.438. The summed E-state index contributed by atoms with van der Waals surface area (Å²) in [6, 6.07) is 26.3. The van der Waals surface area contributed by atoms with Crippen LogP contribution in [0.15, 0.2) is 119 Å². The maximum atomic E-state index is 12.1. The van der Waals surface area contributed by atoms with Gasteiger partial charge in [0.25, 0.3) is 0 Å². The molecule has 3 aliphatic rings. The van der Waals surface area contributed by atoms with E-state index in [0.29, 0.717) is 51.9 Å². The molecule has 0 aromatic heterocycles. The van der Waals surface area contributed by atoms with Crippen molar-refractivity contribution in [2.75, 3.05) is 71.3 Å². The van der Waals surface area contributed by atoms with Crippen molar-refractivity contribution in [1.82, 2.24) is 0 Å². The van der Waals surface area contributed by atoms with Crippen LogP contribution in [0.2, 0.25) is 0 Å². The molecule has 2 aliphatic heterocycles. The van der Waals surface area contributed by atoms with Crippen LogP contribution in [0.25, 0.3) is 0 Å². The minimum atomic E-state index is -0.314. The van der Waals surface area contributed by atoms with E-state index in [9.17, 15) is 4.79 Å². The van der Waals surface area contributed by atoms with Crippen molar-refractivity contribution in [1.29, 1.82) is 0 Å². The number of ether oxygens (including phenoxy) is 5. The van der Waals surface area contributed by atoms with Gasteiger partial charge in [-0.15, -0.1) is 5.73 Å². The highest BCUT2D eigenvalue weighted by molar-refractivity contribution is 6.30. The van der Waals surface area contributed by atoms with Crippen molar-refractivity contribution in [3.05, 3.63) is 130 Å². The molecule has 0 amide bonds. The molecule has 0 spiro atoms. The number of allylic oxidation sites excluding steroid dienone is 5. The Bertz CT molecular complexity index is 2010. The lowest BCUT2D eigenvalue weighted by atomic mass is 9.81. The number of hydrogen-bond donors (Lipinski definition) is 0. The first-order valence-corrected chi connectivity index (χ1v) is 20.6.